The van der Waals surface area contributed by atoms with Gasteiger partial charge in [0.25, 0.3) is 0 Å². The van der Waals surface area contributed by atoms with E-state index in [2.05, 4.69) is 23.8 Å². The van der Waals surface area contributed by atoms with E-state index in [0.717, 1.165) is 73.2 Å². The van der Waals surface area contributed by atoms with E-state index in [0.29, 0.717) is 0 Å². The summed E-state index contributed by atoms with van der Waals surface area (Å²) < 4.78 is 0. The Labute approximate surface area is 252 Å². The van der Waals surface area contributed by atoms with Crippen LogP contribution in [0.5, 0.6) is 11.5 Å². The van der Waals surface area contributed by atoms with E-state index < -0.39 is 11.9 Å². The number of aliphatic carboxylic acids is 2. The number of aliphatic imine (C=N–C) groups is 2. The second-order valence-corrected chi connectivity index (χ2v) is 9.22. The second kappa shape index (κ2) is 19.2. The van der Waals surface area contributed by atoms with Crippen LogP contribution < -0.4 is 10.2 Å². The second-order valence-electron chi connectivity index (χ2n) is 9.22. The van der Waals surface area contributed by atoms with Crippen molar-refractivity contribution in [1.29, 1.82) is 0 Å². The summed E-state index contributed by atoms with van der Waals surface area (Å²) >= 11 is 0. The van der Waals surface area contributed by atoms with Gasteiger partial charge in [-0.15, -0.1) is 0 Å². The first-order chi connectivity index (χ1) is 18.9. The fraction of sp³-hybridized carbons (Fsp3) is 0.312. The topological polar surface area (TPSA) is 145 Å². The number of hydrogen-bond donors (Lipinski definition) is 2. The first kappa shape index (κ1) is 37.0. The molecule has 0 atom stereocenters. The molecular formula is C32H38CoN2O6. The minimum Gasteiger partial charge on any atom is -0.550 e. The van der Waals surface area contributed by atoms with Crippen LogP contribution in [0.3, 0.4) is 0 Å². The zero-order chi connectivity index (χ0) is 30.2. The predicted octanol–water partition coefficient (Wildman–Crippen LogP) is 4.63. The molecule has 0 saturated heterocycles. The van der Waals surface area contributed by atoms with Crippen molar-refractivity contribution in [3.8, 4) is 11.5 Å². The maximum Gasteiger partial charge on any atom is 2.00 e. The molecule has 8 nitrogen and oxygen atoms in total. The molecule has 3 rings (SSSR count). The third-order valence-corrected chi connectivity index (χ3v) is 5.41. The van der Waals surface area contributed by atoms with Crippen molar-refractivity contribution in [3.05, 3.63) is 81.9 Å². The Balaban J connectivity index is 0.00000158. The Morgan fingerprint density at radius 2 is 1.00 bits per heavy atom. The summed E-state index contributed by atoms with van der Waals surface area (Å²) in [6, 6.07) is 15.6. The van der Waals surface area contributed by atoms with Crippen molar-refractivity contribution in [2.24, 2.45) is 9.98 Å². The number of phenols is 2. The van der Waals surface area contributed by atoms with Crippen molar-refractivity contribution in [1.82, 2.24) is 0 Å². The van der Waals surface area contributed by atoms with E-state index in [1.165, 1.54) is 11.1 Å². The number of aromatic hydroxyl groups is 2. The van der Waals surface area contributed by atoms with Gasteiger partial charge in [-0.25, -0.2) is 0 Å². The van der Waals surface area contributed by atoms with E-state index in [4.69, 9.17) is 19.8 Å². The van der Waals surface area contributed by atoms with Crippen LogP contribution in [0.2, 0.25) is 0 Å². The molecule has 0 saturated carbocycles. The minimum absolute atomic E-state index is 0. The summed E-state index contributed by atoms with van der Waals surface area (Å²) in [6.07, 6.45) is 7.49. The number of carboxylic acid groups (broad SMARTS) is 2. The number of phenolic OH excluding ortho intramolecular Hbond substituents is 2. The molecule has 0 amide bonds. The average molecular weight is 606 g/mol. The van der Waals surface area contributed by atoms with Gasteiger partial charge in [0.1, 0.15) is 11.5 Å². The Morgan fingerprint density at radius 1 is 0.707 bits per heavy atom. The molecule has 0 bridgehead atoms. The molecule has 41 heavy (non-hydrogen) atoms. The molecule has 0 fully saturated rings. The number of hydrogen-bond acceptors (Lipinski definition) is 8. The average Bonchev–Trinajstić information content (AvgIpc) is 2.87. The van der Waals surface area contributed by atoms with Crippen LogP contribution in [0.4, 0.5) is 11.4 Å². The molecule has 0 spiro atoms. The first-order valence-electron chi connectivity index (χ1n) is 13.1. The van der Waals surface area contributed by atoms with Crippen LogP contribution in [0, 0.1) is 13.8 Å². The molecule has 3 aromatic carbocycles. The standard InChI is InChI=1S/C28H32N2O2.2C2H4O2.Co/c1-5-7-21-13-19(3)27(31)23(15-21)17-29-25-9-11-26(12-10-25)30-18-24-16-22(8-6-2)14-20(4)28(24)32;2*1-2(3)4;/h9-18,31-32H,5-8H2,1-4H3;2*1H3,(H,3,4);/q;;;+2/p-2. The van der Waals surface area contributed by atoms with Crippen LogP contribution in [-0.2, 0) is 39.2 Å². The predicted molar refractivity (Wildman–Crippen MR) is 156 cm³/mol. The molecule has 1 radical (unpaired) electrons. The zero-order valence-corrected chi connectivity index (χ0v) is 25.4. The van der Waals surface area contributed by atoms with Crippen molar-refractivity contribution in [3.63, 3.8) is 0 Å². The van der Waals surface area contributed by atoms with E-state index in [-0.39, 0.29) is 28.3 Å². The number of carboxylic acids is 2. The molecule has 0 aliphatic carbocycles. The van der Waals surface area contributed by atoms with Gasteiger partial charge < -0.3 is 30.0 Å². The minimum atomic E-state index is -1.08. The van der Waals surface area contributed by atoms with Crippen molar-refractivity contribution < 1.29 is 46.8 Å². The van der Waals surface area contributed by atoms with E-state index in [9.17, 15) is 10.2 Å². The van der Waals surface area contributed by atoms with Crippen LogP contribution >= 0.6 is 0 Å². The molecule has 3 aromatic rings. The normalized spacial score (nSPS) is 10.3. The van der Waals surface area contributed by atoms with Gasteiger partial charge in [0, 0.05) is 35.5 Å². The van der Waals surface area contributed by atoms with Crippen molar-refractivity contribution >= 4 is 35.7 Å². The molecule has 9 heteroatoms. The van der Waals surface area contributed by atoms with Gasteiger partial charge >= 0.3 is 16.8 Å². The van der Waals surface area contributed by atoms with Gasteiger partial charge in [-0.05, 0) is 99.2 Å². The third-order valence-electron chi connectivity index (χ3n) is 5.41. The molecule has 2 N–H and O–H groups in total. The van der Waals surface area contributed by atoms with Gasteiger partial charge in [0.05, 0.1) is 11.4 Å². The van der Waals surface area contributed by atoms with E-state index in [1.54, 1.807) is 12.4 Å². The molecule has 0 unspecified atom stereocenters. The third kappa shape index (κ3) is 14.3. The molecule has 0 heterocycles. The Morgan fingerprint density at radius 3 is 1.27 bits per heavy atom. The van der Waals surface area contributed by atoms with Crippen molar-refractivity contribution in [2.75, 3.05) is 0 Å². The monoisotopic (exact) mass is 605 g/mol. The number of aryl methyl sites for hydroxylation is 4. The number of benzene rings is 3. The Bertz CT molecular complexity index is 1220. The summed E-state index contributed by atoms with van der Waals surface area (Å²) in [6.45, 7) is 10.1. The zero-order valence-electron chi connectivity index (χ0n) is 24.4. The maximum absolute atomic E-state index is 10.4. The quantitative estimate of drug-likeness (QED) is 0.358. The fourth-order valence-electron chi connectivity index (χ4n) is 3.74. The van der Waals surface area contributed by atoms with Gasteiger partial charge in [-0.3, -0.25) is 9.98 Å². The number of carbonyl (C=O) groups excluding carboxylic acids is 2. The Kier molecular flexibility index (Phi) is 17.3. The van der Waals surface area contributed by atoms with Crippen molar-refractivity contribution in [2.45, 2.75) is 67.2 Å². The van der Waals surface area contributed by atoms with Crippen LogP contribution in [0.25, 0.3) is 0 Å². The maximum atomic E-state index is 10.4. The van der Waals surface area contributed by atoms with E-state index in [1.807, 2.05) is 62.4 Å². The largest absolute Gasteiger partial charge is 2.00 e. The van der Waals surface area contributed by atoms with Gasteiger partial charge in [-0.2, -0.15) is 0 Å². The molecule has 221 valence electrons. The van der Waals surface area contributed by atoms with Crippen LogP contribution in [-0.4, -0.2) is 34.6 Å². The molecular weight excluding hydrogens is 567 g/mol. The molecule has 0 aliphatic rings. The summed E-state index contributed by atoms with van der Waals surface area (Å²) in [7, 11) is 0. The van der Waals surface area contributed by atoms with Gasteiger partial charge in [-0.1, -0.05) is 38.8 Å². The molecule has 0 aliphatic heterocycles. The Hall–Kier alpha value is -3.95. The number of rotatable bonds is 8. The van der Waals surface area contributed by atoms with Crippen LogP contribution in [0.1, 0.15) is 73.9 Å². The van der Waals surface area contributed by atoms with Gasteiger partial charge in [0.2, 0.25) is 0 Å². The number of carbonyl (C=O) groups is 2. The SMILES string of the molecule is CC(=O)[O-].CC(=O)[O-].CCCc1cc(C)c(O)c(C=Nc2ccc(N=Cc3cc(CCC)cc(C)c3O)cc2)c1.[Co+2]. The number of nitrogens with zero attached hydrogens (tertiary/aromatic N) is 2. The summed E-state index contributed by atoms with van der Waals surface area (Å²) in [5.74, 6) is -1.62. The summed E-state index contributed by atoms with van der Waals surface area (Å²) in [5, 5.41) is 38.5. The van der Waals surface area contributed by atoms with Gasteiger partial charge in [0.15, 0.2) is 0 Å². The first-order valence-corrected chi connectivity index (χ1v) is 13.1. The molecule has 0 aromatic heterocycles. The smallest absolute Gasteiger partial charge is 0.550 e. The van der Waals surface area contributed by atoms with E-state index >= 15 is 0 Å². The van der Waals surface area contributed by atoms with Crippen LogP contribution in [0.15, 0.2) is 58.5 Å². The fourth-order valence-corrected chi connectivity index (χ4v) is 3.74. The summed E-state index contributed by atoms with van der Waals surface area (Å²) in [4.78, 5) is 26.8. The summed E-state index contributed by atoms with van der Waals surface area (Å²) in [5.41, 5.74) is 7.16.